The van der Waals surface area contributed by atoms with Crippen LogP contribution < -0.4 is 20.5 Å². The average molecular weight is 272 g/mol. The van der Waals surface area contributed by atoms with Gasteiger partial charge in [0.2, 0.25) is 0 Å². The molecule has 0 atom stereocenters. The Morgan fingerprint density at radius 1 is 1.15 bits per heavy atom. The van der Waals surface area contributed by atoms with Crippen molar-refractivity contribution in [1.29, 1.82) is 0 Å². The summed E-state index contributed by atoms with van der Waals surface area (Å²) in [5, 5.41) is 3.32. The topological polar surface area (TPSA) is 70.2 Å². The molecule has 1 aromatic carbocycles. The highest BCUT2D eigenvalue weighted by Gasteiger charge is 2.10. The summed E-state index contributed by atoms with van der Waals surface area (Å²) in [6.45, 7) is 4.00. The molecule has 0 bridgehead atoms. The monoisotopic (exact) mass is 272 g/mol. The molecule has 0 aliphatic carbocycles. The zero-order chi connectivity index (χ0) is 13.8. The first-order valence-electron chi connectivity index (χ1n) is 6.60. The van der Waals surface area contributed by atoms with Crippen LogP contribution in [-0.4, -0.2) is 36.1 Å². The van der Waals surface area contributed by atoms with Crippen LogP contribution in [0.5, 0.6) is 11.6 Å². The van der Waals surface area contributed by atoms with E-state index in [2.05, 4.69) is 20.2 Å². The number of aromatic nitrogens is 2. The quantitative estimate of drug-likeness (QED) is 0.871. The van der Waals surface area contributed by atoms with Crippen molar-refractivity contribution in [3.05, 3.63) is 47.0 Å². The van der Waals surface area contributed by atoms with Gasteiger partial charge in [-0.2, -0.15) is 0 Å². The second-order valence-corrected chi connectivity index (χ2v) is 4.56. The van der Waals surface area contributed by atoms with Crippen LogP contribution >= 0.6 is 0 Å². The van der Waals surface area contributed by atoms with Crippen molar-refractivity contribution in [1.82, 2.24) is 15.3 Å². The van der Waals surface area contributed by atoms with Crippen LogP contribution in [0, 0.1) is 0 Å². The molecule has 3 rings (SSSR count). The van der Waals surface area contributed by atoms with Crippen LogP contribution in [0.4, 0.5) is 5.69 Å². The molecule has 2 aromatic rings. The number of ether oxygens (including phenoxy) is 1. The molecule has 0 spiro atoms. The summed E-state index contributed by atoms with van der Waals surface area (Å²) >= 11 is 0. The summed E-state index contributed by atoms with van der Waals surface area (Å²) in [7, 11) is 0. The first-order valence-corrected chi connectivity index (χ1v) is 6.60. The molecule has 2 heterocycles. The van der Waals surface area contributed by atoms with Crippen molar-refractivity contribution in [2.75, 3.05) is 31.1 Å². The molecule has 1 fully saturated rings. The van der Waals surface area contributed by atoms with Crippen molar-refractivity contribution >= 4 is 5.69 Å². The highest BCUT2D eigenvalue weighted by atomic mass is 16.5. The van der Waals surface area contributed by atoms with Gasteiger partial charge in [-0.25, -0.2) is 4.98 Å². The van der Waals surface area contributed by atoms with E-state index in [9.17, 15) is 4.79 Å². The van der Waals surface area contributed by atoms with Gasteiger partial charge in [-0.05, 0) is 24.3 Å². The minimum atomic E-state index is -0.335. The fourth-order valence-electron chi connectivity index (χ4n) is 2.17. The fraction of sp³-hybridized carbons (Fsp3) is 0.286. The molecule has 6 heteroatoms. The van der Waals surface area contributed by atoms with Crippen LogP contribution in [0.15, 0.2) is 41.5 Å². The maximum atomic E-state index is 11.5. The Morgan fingerprint density at radius 3 is 2.60 bits per heavy atom. The SMILES string of the molecule is O=c1[nH]ccnc1Oc1ccc(N2CCNCC2)cc1. The number of aromatic amines is 1. The summed E-state index contributed by atoms with van der Waals surface area (Å²) in [4.78, 5) is 20.2. The van der Waals surface area contributed by atoms with E-state index in [1.54, 1.807) is 0 Å². The number of hydrogen-bond donors (Lipinski definition) is 2. The van der Waals surface area contributed by atoms with E-state index in [-0.39, 0.29) is 11.4 Å². The number of piperazine rings is 1. The summed E-state index contributed by atoms with van der Waals surface area (Å²) in [6, 6.07) is 7.70. The highest BCUT2D eigenvalue weighted by molar-refractivity contribution is 5.49. The highest BCUT2D eigenvalue weighted by Crippen LogP contribution is 2.22. The van der Waals surface area contributed by atoms with Gasteiger partial charge in [-0.1, -0.05) is 0 Å². The minimum absolute atomic E-state index is 0.0578. The van der Waals surface area contributed by atoms with E-state index >= 15 is 0 Å². The first-order chi connectivity index (χ1) is 9.83. The van der Waals surface area contributed by atoms with Gasteiger partial charge in [-0.3, -0.25) is 4.79 Å². The molecule has 1 aromatic heterocycles. The first kappa shape index (κ1) is 12.7. The number of benzene rings is 1. The van der Waals surface area contributed by atoms with Gasteiger partial charge in [-0.15, -0.1) is 0 Å². The molecule has 20 heavy (non-hydrogen) atoms. The van der Waals surface area contributed by atoms with E-state index in [1.807, 2.05) is 24.3 Å². The number of nitrogens with zero attached hydrogens (tertiary/aromatic N) is 2. The second-order valence-electron chi connectivity index (χ2n) is 4.56. The Bertz CT molecular complexity index is 618. The number of anilines is 1. The summed E-state index contributed by atoms with van der Waals surface area (Å²) in [6.07, 6.45) is 2.97. The fourth-order valence-corrected chi connectivity index (χ4v) is 2.17. The third-order valence-electron chi connectivity index (χ3n) is 3.21. The van der Waals surface area contributed by atoms with Gasteiger partial charge in [0, 0.05) is 44.3 Å². The van der Waals surface area contributed by atoms with E-state index in [0.717, 1.165) is 31.9 Å². The van der Waals surface area contributed by atoms with E-state index in [1.165, 1.54) is 12.4 Å². The standard InChI is InChI=1S/C14H16N4O2/c19-13-14(17-6-5-16-13)20-12-3-1-11(2-4-12)18-9-7-15-8-10-18/h1-6,15H,7-10H2,(H,16,19). The molecule has 104 valence electrons. The maximum absolute atomic E-state index is 11.5. The predicted molar refractivity (Wildman–Crippen MR) is 76.5 cm³/mol. The van der Waals surface area contributed by atoms with Crippen LogP contribution in [0.1, 0.15) is 0 Å². The lowest BCUT2D eigenvalue weighted by molar-refractivity contribution is 0.454. The zero-order valence-corrected chi connectivity index (χ0v) is 11.0. The third kappa shape index (κ3) is 2.80. The maximum Gasteiger partial charge on any atom is 0.311 e. The largest absolute Gasteiger partial charge is 0.435 e. The van der Waals surface area contributed by atoms with Crippen molar-refractivity contribution < 1.29 is 4.74 Å². The Kier molecular flexibility index (Phi) is 3.64. The number of nitrogens with one attached hydrogen (secondary N) is 2. The Hall–Kier alpha value is -2.34. The molecule has 2 N–H and O–H groups in total. The average Bonchev–Trinajstić information content (AvgIpc) is 2.51. The van der Waals surface area contributed by atoms with Crippen LogP contribution in [0.3, 0.4) is 0 Å². The molecule has 1 aliphatic heterocycles. The Morgan fingerprint density at radius 2 is 1.90 bits per heavy atom. The molecular weight excluding hydrogens is 256 g/mol. The summed E-state index contributed by atoms with van der Waals surface area (Å²) < 4.78 is 5.47. The number of hydrogen-bond acceptors (Lipinski definition) is 5. The number of H-pyrrole nitrogens is 1. The Balaban J connectivity index is 1.73. The van der Waals surface area contributed by atoms with Gasteiger partial charge in [0.25, 0.3) is 5.88 Å². The van der Waals surface area contributed by atoms with Gasteiger partial charge >= 0.3 is 5.56 Å². The van der Waals surface area contributed by atoms with Crippen LogP contribution in [0.2, 0.25) is 0 Å². The smallest absolute Gasteiger partial charge is 0.311 e. The van der Waals surface area contributed by atoms with Crippen molar-refractivity contribution in [3.63, 3.8) is 0 Å². The molecule has 0 amide bonds. The van der Waals surface area contributed by atoms with Gasteiger partial charge in [0.15, 0.2) is 0 Å². The minimum Gasteiger partial charge on any atom is -0.435 e. The molecular formula is C14H16N4O2. The van der Waals surface area contributed by atoms with E-state index in [0.29, 0.717) is 5.75 Å². The van der Waals surface area contributed by atoms with Crippen molar-refractivity contribution in [2.24, 2.45) is 0 Å². The van der Waals surface area contributed by atoms with Gasteiger partial charge in [0.1, 0.15) is 5.75 Å². The van der Waals surface area contributed by atoms with Gasteiger partial charge < -0.3 is 19.9 Å². The molecule has 0 unspecified atom stereocenters. The summed E-state index contributed by atoms with van der Waals surface area (Å²) in [5.41, 5.74) is 0.826. The lowest BCUT2D eigenvalue weighted by Gasteiger charge is -2.29. The third-order valence-corrected chi connectivity index (χ3v) is 3.21. The molecule has 0 saturated carbocycles. The van der Waals surface area contributed by atoms with Crippen molar-refractivity contribution in [3.8, 4) is 11.6 Å². The zero-order valence-electron chi connectivity index (χ0n) is 11.0. The molecule has 6 nitrogen and oxygen atoms in total. The van der Waals surface area contributed by atoms with E-state index < -0.39 is 0 Å². The second kappa shape index (κ2) is 5.75. The lowest BCUT2D eigenvalue weighted by Crippen LogP contribution is -2.43. The van der Waals surface area contributed by atoms with Crippen LogP contribution in [-0.2, 0) is 0 Å². The molecule has 1 aliphatic rings. The lowest BCUT2D eigenvalue weighted by atomic mass is 10.2. The number of rotatable bonds is 3. The Labute approximate surface area is 116 Å². The normalized spacial score (nSPS) is 15.1. The van der Waals surface area contributed by atoms with E-state index in [4.69, 9.17) is 4.74 Å². The summed E-state index contributed by atoms with van der Waals surface area (Å²) in [5.74, 6) is 0.663. The molecule has 0 radical (unpaired) electrons. The van der Waals surface area contributed by atoms with Gasteiger partial charge in [0.05, 0.1) is 0 Å². The van der Waals surface area contributed by atoms with Crippen molar-refractivity contribution in [2.45, 2.75) is 0 Å². The predicted octanol–water partition coefficient (Wildman–Crippen LogP) is 0.972. The molecule has 1 saturated heterocycles. The van der Waals surface area contributed by atoms with Crippen LogP contribution in [0.25, 0.3) is 0 Å².